The molecule has 0 spiro atoms. The molecule has 0 bridgehead atoms. The number of carbonyl (C=O) groups excluding carboxylic acids is 1. The standard InChI is InChI=1S/C19H28O2/c1-4-7-14-19(5-2,16-18(20)21-6-3)15-13-17-11-9-8-10-12-17/h5,8-12H,2,4,6-7,13-16H2,1,3H3/t19-/m1/s1. The van der Waals surface area contributed by atoms with Crippen LogP contribution < -0.4 is 0 Å². The van der Waals surface area contributed by atoms with Gasteiger partial charge in [-0.2, -0.15) is 0 Å². The third-order valence-electron chi connectivity index (χ3n) is 4.02. The van der Waals surface area contributed by atoms with E-state index in [2.05, 4.69) is 37.8 Å². The molecule has 0 heterocycles. The quantitative estimate of drug-likeness (QED) is 0.450. The van der Waals surface area contributed by atoms with Crippen molar-refractivity contribution in [1.29, 1.82) is 0 Å². The summed E-state index contributed by atoms with van der Waals surface area (Å²) >= 11 is 0. The highest BCUT2D eigenvalue weighted by molar-refractivity contribution is 5.70. The van der Waals surface area contributed by atoms with Crippen molar-refractivity contribution in [2.75, 3.05) is 6.61 Å². The van der Waals surface area contributed by atoms with Crippen LogP contribution in [0, 0.1) is 5.41 Å². The lowest BCUT2D eigenvalue weighted by molar-refractivity contribution is -0.145. The molecule has 1 aromatic carbocycles. The number of hydrogen-bond acceptors (Lipinski definition) is 2. The molecule has 0 fully saturated rings. The molecule has 2 heteroatoms. The predicted molar refractivity (Wildman–Crippen MR) is 88.2 cm³/mol. The Kier molecular flexibility index (Phi) is 7.81. The second kappa shape index (κ2) is 9.38. The largest absolute Gasteiger partial charge is 0.466 e. The molecule has 0 radical (unpaired) electrons. The molecule has 0 aliphatic carbocycles. The molecule has 1 aromatic rings. The SMILES string of the molecule is C=C[C@@](CCCC)(CCc1ccccc1)CC(=O)OCC. The number of allylic oxidation sites excluding steroid dienone is 1. The van der Waals surface area contributed by atoms with Crippen LogP contribution in [-0.2, 0) is 16.0 Å². The summed E-state index contributed by atoms with van der Waals surface area (Å²) in [5, 5.41) is 0. The van der Waals surface area contributed by atoms with E-state index in [0.29, 0.717) is 13.0 Å². The number of hydrogen-bond donors (Lipinski definition) is 0. The number of benzene rings is 1. The van der Waals surface area contributed by atoms with Crippen LogP contribution in [-0.4, -0.2) is 12.6 Å². The second-order valence-corrected chi connectivity index (χ2v) is 5.64. The average molecular weight is 288 g/mol. The van der Waals surface area contributed by atoms with Gasteiger partial charge in [-0.1, -0.05) is 56.2 Å². The molecule has 0 aromatic heterocycles. The van der Waals surface area contributed by atoms with Crippen LogP contribution in [0.4, 0.5) is 0 Å². The van der Waals surface area contributed by atoms with Gasteiger partial charge in [0.1, 0.15) is 0 Å². The molecule has 0 aliphatic heterocycles. The zero-order valence-corrected chi connectivity index (χ0v) is 13.4. The average Bonchev–Trinajstić information content (AvgIpc) is 2.51. The maximum atomic E-state index is 11.9. The summed E-state index contributed by atoms with van der Waals surface area (Å²) in [5.74, 6) is -0.110. The summed E-state index contributed by atoms with van der Waals surface area (Å²) in [4.78, 5) is 11.9. The lowest BCUT2D eigenvalue weighted by Crippen LogP contribution is -2.24. The lowest BCUT2D eigenvalue weighted by Gasteiger charge is -2.30. The van der Waals surface area contributed by atoms with Crippen molar-refractivity contribution >= 4 is 5.97 Å². The number of carbonyl (C=O) groups is 1. The highest BCUT2D eigenvalue weighted by atomic mass is 16.5. The van der Waals surface area contributed by atoms with Crippen molar-refractivity contribution in [3.63, 3.8) is 0 Å². The zero-order chi connectivity index (χ0) is 15.6. The number of esters is 1. The summed E-state index contributed by atoms with van der Waals surface area (Å²) < 4.78 is 5.14. The van der Waals surface area contributed by atoms with Crippen LogP contribution >= 0.6 is 0 Å². The Bertz CT molecular complexity index is 424. The van der Waals surface area contributed by atoms with E-state index < -0.39 is 0 Å². The van der Waals surface area contributed by atoms with Gasteiger partial charge in [0.25, 0.3) is 0 Å². The van der Waals surface area contributed by atoms with E-state index >= 15 is 0 Å². The minimum Gasteiger partial charge on any atom is -0.466 e. The summed E-state index contributed by atoms with van der Waals surface area (Å²) in [5.41, 5.74) is 1.17. The van der Waals surface area contributed by atoms with Crippen molar-refractivity contribution in [3.8, 4) is 0 Å². The Hall–Kier alpha value is -1.57. The molecule has 0 saturated heterocycles. The normalized spacial score (nSPS) is 13.4. The van der Waals surface area contributed by atoms with Crippen LogP contribution in [0.3, 0.4) is 0 Å². The first-order valence-corrected chi connectivity index (χ1v) is 7.99. The summed E-state index contributed by atoms with van der Waals surface area (Å²) in [6, 6.07) is 10.4. The lowest BCUT2D eigenvalue weighted by atomic mass is 9.75. The van der Waals surface area contributed by atoms with Crippen molar-refractivity contribution in [3.05, 3.63) is 48.6 Å². The third-order valence-corrected chi connectivity index (χ3v) is 4.02. The van der Waals surface area contributed by atoms with Crippen molar-refractivity contribution in [2.45, 2.75) is 52.4 Å². The van der Waals surface area contributed by atoms with Gasteiger partial charge in [-0.15, -0.1) is 6.58 Å². The van der Waals surface area contributed by atoms with Gasteiger partial charge in [-0.05, 0) is 37.2 Å². The molecule has 0 N–H and O–H groups in total. The molecular weight excluding hydrogens is 260 g/mol. The second-order valence-electron chi connectivity index (χ2n) is 5.64. The fourth-order valence-electron chi connectivity index (χ4n) is 2.64. The first kappa shape index (κ1) is 17.5. The molecule has 0 amide bonds. The number of rotatable bonds is 10. The molecule has 21 heavy (non-hydrogen) atoms. The van der Waals surface area contributed by atoms with Crippen LogP contribution in [0.25, 0.3) is 0 Å². The van der Waals surface area contributed by atoms with E-state index in [9.17, 15) is 4.79 Å². The van der Waals surface area contributed by atoms with E-state index in [1.165, 1.54) is 5.56 Å². The van der Waals surface area contributed by atoms with Crippen molar-refractivity contribution < 1.29 is 9.53 Å². The number of aryl methyl sites for hydroxylation is 1. The zero-order valence-electron chi connectivity index (χ0n) is 13.4. The fraction of sp³-hybridized carbons (Fsp3) is 0.526. The molecule has 116 valence electrons. The van der Waals surface area contributed by atoms with Gasteiger partial charge in [0.15, 0.2) is 0 Å². The van der Waals surface area contributed by atoms with Crippen LogP contribution in [0.2, 0.25) is 0 Å². The third kappa shape index (κ3) is 6.16. The van der Waals surface area contributed by atoms with E-state index in [-0.39, 0.29) is 11.4 Å². The monoisotopic (exact) mass is 288 g/mol. The predicted octanol–water partition coefficient (Wildman–Crippen LogP) is 4.94. The molecule has 0 unspecified atom stereocenters. The maximum Gasteiger partial charge on any atom is 0.306 e. The Morgan fingerprint density at radius 2 is 1.95 bits per heavy atom. The Morgan fingerprint density at radius 1 is 1.24 bits per heavy atom. The van der Waals surface area contributed by atoms with E-state index in [4.69, 9.17) is 4.74 Å². The maximum absolute atomic E-state index is 11.9. The van der Waals surface area contributed by atoms with E-state index in [1.54, 1.807) is 0 Å². The van der Waals surface area contributed by atoms with Gasteiger partial charge in [-0.3, -0.25) is 4.79 Å². The smallest absolute Gasteiger partial charge is 0.306 e. The molecule has 0 saturated carbocycles. The topological polar surface area (TPSA) is 26.3 Å². The van der Waals surface area contributed by atoms with Crippen LogP contribution in [0.15, 0.2) is 43.0 Å². The highest BCUT2D eigenvalue weighted by Gasteiger charge is 2.29. The Balaban J connectivity index is 2.73. The van der Waals surface area contributed by atoms with Gasteiger partial charge >= 0.3 is 5.97 Å². The number of ether oxygens (including phenoxy) is 1. The minimum absolute atomic E-state index is 0.110. The first-order valence-electron chi connectivity index (χ1n) is 7.99. The van der Waals surface area contributed by atoms with Gasteiger partial charge in [0.05, 0.1) is 13.0 Å². The highest BCUT2D eigenvalue weighted by Crippen LogP contribution is 2.36. The summed E-state index contributed by atoms with van der Waals surface area (Å²) in [6.07, 6.45) is 7.57. The van der Waals surface area contributed by atoms with Gasteiger partial charge in [-0.25, -0.2) is 0 Å². The minimum atomic E-state index is -0.141. The van der Waals surface area contributed by atoms with E-state index in [1.807, 2.05) is 19.1 Å². The molecular formula is C19H28O2. The molecule has 0 aliphatic rings. The van der Waals surface area contributed by atoms with Gasteiger partial charge < -0.3 is 4.74 Å². The van der Waals surface area contributed by atoms with Gasteiger partial charge in [0, 0.05) is 0 Å². The summed E-state index contributed by atoms with van der Waals surface area (Å²) in [6.45, 7) is 8.47. The Morgan fingerprint density at radius 3 is 2.52 bits per heavy atom. The first-order chi connectivity index (χ1) is 10.2. The molecule has 1 atom stereocenters. The van der Waals surface area contributed by atoms with Crippen LogP contribution in [0.1, 0.15) is 51.5 Å². The van der Waals surface area contributed by atoms with Crippen molar-refractivity contribution in [2.24, 2.45) is 5.41 Å². The fourth-order valence-corrected chi connectivity index (χ4v) is 2.64. The van der Waals surface area contributed by atoms with Crippen molar-refractivity contribution in [1.82, 2.24) is 0 Å². The van der Waals surface area contributed by atoms with Gasteiger partial charge in [0.2, 0.25) is 0 Å². The molecule has 2 nitrogen and oxygen atoms in total. The number of unbranched alkanes of at least 4 members (excludes halogenated alkanes) is 1. The van der Waals surface area contributed by atoms with Crippen LogP contribution in [0.5, 0.6) is 0 Å². The Labute approximate surface area is 129 Å². The molecule has 1 rings (SSSR count). The van der Waals surface area contributed by atoms with E-state index in [0.717, 1.165) is 32.1 Å². The summed E-state index contributed by atoms with van der Waals surface area (Å²) in [7, 11) is 0.